The first-order chi connectivity index (χ1) is 12.4. The van der Waals surface area contributed by atoms with Gasteiger partial charge in [0.05, 0.1) is 0 Å². The topological polar surface area (TPSA) is 57.7 Å². The van der Waals surface area contributed by atoms with Crippen molar-refractivity contribution in [3.8, 4) is 0 Å². The normalized spacial score (nSPS) is 14.9. The van der Waals surface area contributed by atoms with Crippen LogP contribution >= 0.6 is 0 Å². The first kappa shape index (κ1) is 18.0. The highest BCUT2D eigenvalue weighted by Gasteiger charge is 2.19. The molecule has 1 aromatic carbocycles. The van der Waals surface area contributed by atoms with Crippen molar-refractivity contribution in [2.24, 2.45) is 0 Å². The van der Waals surface area contributed by atoms with Gasteiger partial charge in [-0.15, -0.1) is 0 Å². The molecule has 0 bridgehead atoms. The molecule has 1 N–H and O–H groups in total. The molecule has 1 aromatic heterocycles. The van der Waals surface area contributed by atoms with Gasteiger partial charge in [0.15, 0.2) is 0 Å². The number of hydrogen-bond donors (Lipinski definition) is 1. The van der Waals surface area contributed by atoms with Gasteiger partial charge in [0.25, 0.3) is 0 Å². The number of piperazine rings is 1. The van der Waals surface area contributed by atoms with Crippen LogP contribution in [0.2, 0.25) is 0 Å². The number of anilines is 3. The number of ether oxygens (including phenoxy) is 1. The van der Waals surface area contributed by atoms with E-state index in [1.807, 2.05) is 69.4 Å². The van der Waals surface area contributed by atoms with Crippen molar-refractivity contribution in [1.29, 1.82) is 0 Å². The van der Waals surface area contributed by atoms with Gasteiger partial charge in [0.2, 0.25) is 0 Å². The fourth-order valence-corrected chi connectivity index (χ4v) is 2.91. The zero-order valence-electron chi connectivity index (χ0n) is 15.6. The van der Waals surface area contributed by atoms with Crippen molar-refractivity contribution in [3.63, 3.8) is 0 Å². The number of carbonyl (C=O) groups excluding carboxylic acids is 1. The Kier molecular flexibility index (Phi) is 5.30. The van der Waals surface area contributed by atoms with Gasteiger partial charge in [-0.2, -0.15) is 0 Å². The maximum absolute atomic E-state index is 11.8. The Morgan fingerprint density at radius 1 is 1.00 bits per heavy atom. The molecule has 6 nitrogen and oxygen atoms in total. The van der Waals surface area contributed by atoms with E-state index in [-0.39, 0.29) is 0 Å². The lowest BCUT2D eigenvalue weighted by atomic mass is 10.2. The van der Waals surface area contributed by atoms with Crippen LogP contribution in [0.15, 0.2) is 48.7 Å². The monoisotopic (exact) mass is 354 g/mol. The Labute approximate surface area is 154 Å². The molecule has 138 valence electrons. The predicted molar refractivity (Wildman–Crippen MR) is 105 cm³/mol. The molecule has 0 spiro atoms. The van der Waals surface area contributed by atoms with Gasteiger partial charge in [0.1, 0.15) is 11.4 Å². The molecule has 0 atom stereocenters. The average Bonchev–Trinajstić information content (AvgIpc) is 2.62. The second-order valence-electron chi connectivity index (χ2n) is 7.34. The van der Waals surface area contributed by atoms with E-state index in [0.29, 0.717) is 0 Å². The van der Waals surface area contributed by atoms with Crippen molar-refractivity contribution in [3.05, 3.63) is 48.7 Å². The molecule has 1 saturated heterocycles. The Morgan fingerprint density at radius 3 is 2.23 bits per heavy atom. The molecule has 26 heavy (non-hydrogen) atoms. The molecule has 1 fully saturated rings. The molecule has 2 aromatic rings. The summed E-state index contributed by atoms with van der Waals surface area (Å²) in [7, 11) is 0. The first-order valence-corrected chi connectivity index (χ1v) is 8.92. The Balaban J connectivity index is 1.54. The van der Waals surface area contributed by atoms with E-state index >= 15 is 0 Å². The van der Waals surface area contributed by atoms with Crippen LogP contribution in [0.1, 0.15) is 20.8 Å². The smallest absolute Gasteiger partial charge is 0.412 e. The molecule has 1 aliphatic heterocycles. The Hall–Kier alpha value is -2.76. The third kappa shape index (κ3) is 4.88. The minimum atomic E-state index is -0.503. The number of carbonyl (C=O) groups is 1. The van der Waals surface area contributed by atoms with Gasteiger partial charge in [-0.25, -0.2) is 9.78 Å². The predicted octanol–water partition coefficient (Wildman–Crippen LogP) is 3.76. The summed E-state index contributed by atoms with van der Waals surface area (Å²) in [6, 6.07) is 13.9. The van der Waals surface area contributed by atoms with Crippen LogP contribution in [0.4, 0.5) is 22.0 Å². The summed E-state index contributed by atoms with van der Waals surface area (Å²) >= 11 is 0. The third-order valence-corrected chi connectivity index (χ3v) is 4.13. The number of nitrogens with zero attached hydrogens (tertiary/aromatic N) is 3. The van der Waals surface area contributed by atoms with Crippen molar-refractivity contribution >= 4 is 23.3 Å². The SMILES string of the molecule is CC(C)(C)OC(=O)Nc1ccc(N2CCN(c3ccccn3)CC2)cc1. The maximum atomic E-state index is 11.8. The maximum Gasteiger partial charge on any atom is 0.412 e. The van der Waals surface area contributed by atoms with Gasteiger partial charge in [-0.3, -0.25) is 5.32 Å². The van der Waals surface area contributed by atoms with Crippen molar-refractivity contribution in [1.82, 2.24) is 4.98 Å². The number of nitrogens with one attached hydrogen (secondary N) is 1. The molecular formula is C20H26N4O2. The van der Waals surface area contributed by atoms with Gasteiger partial charge in [-0.1, -0.05) is 6.07 Å². The molecular weight excluding hydrogens is 328 g/mol. The summed E-state index contributed by atoms with van der Waals surface area (Å²) in [5.41, 5.74) is 1.38. The van der Waals surface area contributed by atoms with Crippen LogP contribution in [0.25, 0.3) is 0 Å². The zero-order chi connectivity index (χ0) is 18.6. The molecule has 0 unspecified atom stereocenters. The van der Waals surface area contributed by atoms with E-state index in [9.17, 15) is 4.79 Å². The summed E-state index contributed by atoms with van der Waals surface area (Å²) in [6.07, 6.45) is 1.40. The van der Waals surface area contributed by atoms with E-state index in [1.165, 1.54) is 0 Å². The minimum Gasteiger partial charge on any atom is -0.444 e. The fourth-order valence-electron chi connectivity index (χ4n) is 2.91. The summed E-state index contributed by atoms with van der Waals surface area (Å²) < 4.78 is 5.27. The van der Waals surface area contributed by atoms with Gasteiger partial charge >= 0.3 is 6.09 Å². The van der Waals surface area contributed by atoms with E-state index in [1.54, 1.807) is 0 Å². The summed E-state index contributed by atoms with van der Waals surface area (Å²) in [5, 5.41) is 2.76. The molecule has 0 saturated carbocycles. The lowest BCUT2D eigenvalue weighted by Crippen LogP contribution is -2.46. The Morgan fingerprint density at radius 2 is 1.65 bits per heavy atom. The molecule has 1 amide bonds. The summed E-state index contributed by atoms with van der Waals surface area (Å²) in [5.74, 6) is 1.03. The number of aromatic nitrogens is 1. The number of rotatable bonds is 3. The number of benzene rings is 1. The fraction of sp³-hybridized carbons (Fsp3) is 0.400. The van der Waals surface area contributed by atoms with Crippen LogP contribution in [0.3, 0.4) is 0 Å². The van der Waals surface area contributed by atoms with Crippen LogP contribution < -0.4 is 15.1 Å². The summed E-state index contributed by atoms with van der Waals surface area (Å²) in [6.45, 7) is 9.30. The average molecular weight is 354 g/mol. The molecule has 0 radical (unpaired) electrons. The summed E-state index contributed by atoms with van der Waals surface area (Å²) in [4.78, 5) is 20.9. The quantitative estimate of drug-likeness (QED) is 0.910. The standard InChI is InChI=1S/C20H26N4O2/c1-20(2,3)26-19(25)22-16-7-9-17(10-8-16)23-12-14-24(15-13-23)18-6-4-5-11-21-18/h4-11H,12-15H2,1-3H3,(H,22,25). The molecule has 6 heteroatoms. The highest BCUT2D eigenvalue weighted by Crippen LogP contribution is 2.21. The minimum absolute atomic E-state index is 0.436. The van der Waals surface area contributed by atoms with Gasteiger partial charge < -0.3 is 14.5 Å². The highest BCUT2D eigenvalue weighted by atomic mass is 16.6. The number of pyridine rings is 1. The first-order valence-electron chi connectivity index (χ1n) is 8.92. The van der Waals surface area contributed by atoms with Crippen LogP contribution in [0.5, 0.6) is 0 Å². The van der Waals surface area contributed by atoms with Crippen molar-refractivity contribution in [2.45, 2.75) is 26.4 Å². The molecule has 2 heterocycles. The lowest BCUT2D eigenvalue weighted by molar-refractivity contribution is 0.0636. The van der Waals surface area contributed by atoms with E-state index in [4.69, 9.17) is 4.74 Å². The molecule has 3 rings (SSSR count). The second kappa shape index (κ2) is 7.64. The second-order valence-corrected chi connectivity index (χ2v) is 7.34. The zero-order valence-corrected chi connectivity index (χ0v) is 15.6. The van der Waals surface area contributed by atoms with Crippen LogP contribution in [-0.4, -0.2) is 42.9 Å². The number of hydrogen-bond acceptors (Lipinski definition) is 5. The molecule has 1 aliphatic rings. The molecule has 0 aliphatic carbocycles. The van der Waals surface area contributed by atoms with E-state index in [2.05, 4.69) is 20.1 Å². The van der Waals surface area contributed by atoms with E-state index in [0.717, 1.165) is 43.4 Å². The lowest BCUT2D eigenvalue weighted by Gasteiger charge is -2.36. The Bertz CT molecular complexity index is 718. The van der Waals surface area contributed by atoms with Crippen LogP contribution in [-0.2, 0) is 4.74 Å². The third-order valence-electron chi connectivity index (χ3n) is 4.13. The van der Waals surface area contributed by atoms with E-state index < -0.39 is 11.7 Å². The van der Waals surface area contributed by atoms with Gasteiger partial charge in [-0.05, 0) is 57.2 Å². The number of amides is 1. The van der Waals surface area contributed by atoms with Gasteiger partial charge in [0, 0.05) is 43.8 Å². The van der Waals surface area contributed by atoms with Crippen LogP contribution in [0, 0.1) is 0 Å². The largest absolute Gasteiger partial charge is 0.444 e. The highest BCUT2D eigenvalue weighted by molar-refractivity contribution is 5.85. The van der Waals surface area contributed by atoms with Crippen molar-refractivity contribution in [2.75, 3.05) is 41.3 Å². The van der Waals surface area contributed by atoms with Crippen molar-refractivity contribution < 1.29 is 9.53 Å².